The summed E-state index contributed by atoms with van der Waals surface area (Å²) in [5.41, 5.74) is 3.64. The Morgan fingerprint density at radius 1 is 1.57 bits per heavy atom. The van der Waals surface area contributed by atoms with Gasteiger partial charge < -0.3 is 4.57 Å². The minimum atomic E-state index is -0.530. The predicted molar refractivity (Wildman–Crippen MR) is 50.0 cm³/mol. The van der Waals surface area contributed by atoms with E-state index in [1.807, 2.05) is 11.6 Å². The molecule has 5 heteroatoms. The highest BCUT2D eigenvalue weighted by molar-refractivity contribution is 5.96. The number of fused-ring (bicyclic) bond motifs is 1. The van der Waals surface area contributed by atoms with E-state index in [2.05, 4.69) is 4.98 Å². The Hall–Kier alpha value is -1.88. The normalized spacial score (nSPS) is 10.4. The van der Waals surface area contributed by atoms with Gasteiger partial charge in [-0.15, -0.1) is 0 Å². The number of hydroxylamine groups is 1. The van der Waals surface area contributed by atoms with Crippen LogP contribution < -0.4 is 5.48 Å². The molecule has 5 nitrogen and oxygen atoms in total. The molecule has 0 aliphatic carbocycles. The SMILES string of the molecule is Cn1cnc2cc(C(=O)NO)ccc21. The maximum Gasteiger partial charge on any atom is 0.274 e. The van der Waals surface area contributed by atoms with Crippen LogP contribution in [0.5, 0.6) is 0 Å². The van der Waals surface area contributed by atoms with Gasteiger partial charge in [-0.3, -0.25) is 10.0 Å². The van der Waals surface area contributed by atoms with E-state index in [0.29, 0.717) is 5.56 Å². The van der Waals surface area contributed by atoms with Crippen molar-refractivity contribution in [1.82, 2.24) is 15.0 Å². The fraction of sp³-hybridized carbons (Fsp3) is 0.111. The van der Waals surface area contributed by atoms with E-state index in [0.717, 1.165) is 11.0 Å². The van der Waals surface area contributed by atoms with Crippen molar-refractivity contribution < 1.29 is 10.0 Å². The van der Waals surface area contributed by atoms with Crippen LogP contribution in [0.2, 0.25) is 0 Å². The Morgan fingerprint density at radius 2 is 2.36 bits per heavy atom. The van der Waals surface area contributed by atoms with Crippen molar-refractivity contribution in [2.45, 2.75) is 0 Å². The summed E-state index contributed by atoms with van der Waals surface area (Å²) in [7, 11) is 1.88. The Bertz CT molecular complexity index is 490. The summed E-state index contributed by atoms with van der Waals surface area (Å²) >= 11 is 0. The average molecular weight is 191 g/mol. The number of carbonyl (C=O) groups is 1. The second-order valence-electron chi connectivity index (χ2n) is 3.00. The Balaban J connectivity index is 2.57. The van der Waals surface area contributed by atoms with Crippen molar-refractivity contribution in [2.24, 2.45) is 7.05 Å². The number of rotatable bonds is 1. The summed E-state index contributed by atoms with van der Waals surface area (Å²) in [6, 6.07) is 5.04. The number of nitrogens with zero attached hydrogens (tertiary/aromatic N) is 2. The Kier molecular flexibility index (Phi) is 1.94. The highest BCUT2D eigenvalue weighted by Crippen LogP contribution is 2.13. The number of benzene rings is 1. The van der Waals surface area contributed by atoms with Gasteiger partial charge in [-0.05, 0) is 18.2 Å². The van der Waals surface area contributed by atoms with Crippen molar-refractivity contribution >= 4 is 16.9 Å². The van der Waals surface area contributed by atoms with Crippen molar-refractivity contribution in [3.05, 3.63) is 30.1 Å². The summed E-state index contributed by atoms with van der Waals surface area (Å²) in [6.07, 6.45) is 1.67. The van der Waals surface area contributed by atoms with Crippen LogP contribution in [0.4, 0.5) is 0 Å². The molecule has 0 atom stereocenters. The minimum absolute atomic E-state index is 0.388. The molecule has 2 rings (SSSR count). The summed E-state index contributed by atoms with van der Waals surface area (Å²) < 4.78 is 1.86. The summed E-state index contributed by atoms with van der Waals surface area (Å²) in [6.45, 7) is 0. The minimum Gasteiger partial charge on any atom is -0.334 e. The lowest BCUT2D eigenvalue weighted by atomic mass is 10.2. The van der Waals surface area contributed by atoms with Crippen LogP contribution in [0.15, 0.2) is 24.5 Å². The smallest absolute Gasteiger partial charge is 0.274 e. The van der Waals surface area contributed by atoms with Gasteiger partial charge in [0.1, 0.15) is 0 Å². The van der Waals surface area contributed by atoms with Crippen LogP contribution >= 0.6 is 0 Å². The van der Waals surface area contributed by atoms with Crippen LogP contribution in [0.1, 0.15) is 10.4 Å². The van der Waals surface area contributed by atoms with Gasteiger partial charge in [0.25, 0.3) is 5.91 Å². The first-order chi connectivity index (χ1) is 6.72. The van der Waals surface area contributed by atoms with E-state index in [4.69, 9.17) is 5.21 Å². The summed E-state index contributed by atoms with van der Waals surface area (Å²) in [5, 5.41) is 8.44. The zero-order valence-electron chi connectivity index (χ0n) is 7.56. The molecule has 1 heterocycles. The lowest BCUT2D eigenvalue weighted by Gasteiger charge is -1.98. The lowest BCUT2D eigenvalue weighted by molar-refractivity contribution is 0.0706. The molecule has 0 aliphatic heterocycles. The molecule has 0 unspecified atom stereocenters. The number of aryl methyl sites for hydroxylation is 1. The number of nitrogens with one attached hydrogen (secondary N) is 1. The van der Waals surface area contributed by atoms with Gasteiger partial charge in [0.05, 0.1) is 17.4 Å². The average Bonchev–Trinajstić information content (AvgIpc) is 2.59. The zero-order chi connectivity index (χ0) is 10.1. The quantitative estimate of drug-likeness (QED) is 0.514. The number of hydrogen-bond donors (Lipinski definition) is 2. The third kappa shape index (κ3) is 1.23. The fourth-order valence-corrected chi connectivity index (χ4v) is 1.34. The first-order valence-corrected chi connectivity index (χ1v) is 4.08. The van der Waals surface area contributed by atoms with Crippen molar-refractivity contribution in [3.63, 3.8) is 0 Å². The monoisotopic (exact) mass is 191 g/mol. The maximum atomic E-state index is 11.1. The van der Waals surface area contributed by atoms with E-state index >= 15 is 0 Å². The molecule has 2 N–H and O–H groups in total. The molecule has 72 valence electrons. The second kappa shape index (κ2) is 3.12. The van der Waals surface area contributed by atoms with E-state index in [-0.39, 0.29) is 0 Å². The number of carbonyl (C=O) groups excluding carboxylic acids is 1. The van der Waals surface area contributed by atoms with Crippen molar-refractivity contribution in [1.29, 1.82) is 0 Å². The van der Waals surface area contributed by atoms with Crippen LogP contribution in [-0.4, -0.2) is 20.7 Å². The molecule has 0 aliphatic rings. The van der Waals surface area contributed by atoms with Crippen LogP contribution in [-0.2, 0) is 7.05 Å². The van der Waals surface area contributed by atoms with Gasteiger partial charge >= 0.3 is 0 Å². The third-order valence-corrected chi connectivity index (χ3v) is 2.09. The molecule has 1 aromatic heterocycles. The summed E-state index contributed by atoms with van der Waals surface area (Å²) in [5.74, 6) is -0.530. The van der Waals surface area contributed by atoms with Crippen molar-refractivity contribution in [3.8, 4) is 0 Å². The van der Waals surface area contributed by atoms with Gasteiger partial charge in [0.2, 0.25) is 0 Å². The molecule has 0 bridgehead atoms. The molecule has 1 aromatic carbocycles. The molecule has 1 amide bonds. The molecule has 0 fully saturated rings. The van der Waals surface area contributed by atoms with E-state index in [1.165, 1.54) is 0 Å². The van der Waals surface area contributed by atoms with E-state index in [9.17, 15) is 4.79 Å². The summed E-state index contributed by atoms with van der Waals surface area (Å²) in [4.78, 5) is 15.2. The fourth-order valence-electron chi connectivity index (χ4n) is 1.34. The molecule has 0 saturated heterocycles. The third-order valence-electron chi connectivity index (χ3n) is 2.09. The van der Waals surface area contributed by atoms with Crippen LogP contribution in [0.3, 0.4) is 0 Å². The molecule has 0 radical (unpaired) electrons. The first-order valence-electron chi connectivity index (χ1n) is 4.08. The van der Waals surface area contributed by atoms with Gasteiger partial charge in [0, 0.05) is 12.6 Å². The maximum absolute atomic E-state index is 11.1. The molecule has 0 saturated carbocycles. The van der Waals surface area contributed by atoms with E-state index < -0.39 is 5.91 Å². The number of amides is 1. The van der Waals surface area contributed by atoms with Crippen LogP contribution in [0, 0.1) is 0 Å². The van der Waals surface area contributed by atoms with E-state index in [1.54, 1.807) is 30.0 Å². The largest absolute Gasteiger partial charge is 0.334 e. The van der Waals surface area contributed by atoms with Crippen LogP contribution in [0.25, 0.3) is 11.0 Å². The van der Waals surface area contributed by atoms with Gasteiger partial charge in [-0.1, -0.05) is 0 Å². The van der Waals surface area contributed by atoms with Crippen molar-refractivity contribution in [2.75, 3.05) is 0 Å². The number of imidazole rings is 1. The Morgan fingerprint density at radius 3 is 3.07 bits per heavy atom. The molecule has 14 heavy (non-hydrogen) atoms. The first kappa shape index (κ1) is 8.71. The Labute approximate surface area is 79.9 Å². The van der Waals surface area contributed by atoms with Gasteiger partial charge in [-0.2, -0.15) is 0 Å². The lowest BCUT2D eigenvalue weighted by Crippen LogP contribution is -2.18. The van der Waals surface area contributed by atoms with Gasteiger partial charge in [0.15, 0.2) is 0 Å². The molecule has 0 spiro atoms. The van der Waals surface area contributed by atoms with Gasteiger partial charge in [-0.25, -0.2) is 10.5 Å². The molecular formula is C9H9N3O2. The highest BCUT2D eigenvalue weighted by Gasteiger charge is 2.06. The topological polar surface area (TPSA) is 67.2 Å². The predicted octanol–water partition coefficient (Wildman–Crippen LogP) is 0.692. The standard InChI is InChI=1S/C9H9N3O2/c1-12-5-10-7-4-6(9(13)11-14)2-3-8(7)12/h2-5,14H,1H3,(H,11,13). The number of aromatic nitrogens is 2. The molecular weight excluding hydrogens is 182 g/mol. The molecule has 2 aromatic rings. The highest BCUT2D eigenvalue weighted by atomic mass is 16.5. The second-order valence-corrected chi connectivity index (χ2v) is 3.00. The zero-order valence-corrected chi connectivity index (χ0v) is 7.56. The number of hydrogen-bond acceptors (Lipinski definition) is 3.